The zero-order valence-electron chi connectivity index (χ0n) is 40.8. The quantitative estimate of drug-likeness (QED) is 0.147. The van der Waals surface area contributed by atoms with Gasteiger partial charge in [-0.15, -0.1) is 0 Å². The van der Waals surface area contributed by atoms with E-state index in [4.69, 9.17) is 0 Å². The fourth-order valence-corrected chi connectivity index (χ4v) is 12.0. The zero-order chi connectivity index (χ0) is 48.6. The van der Waals surface area contributed by atoms with Crippen LogP contribution in [-0.2, 0) is 5.41 Å². The van der Waals surface area contributed by atoms with Crippen LogP contribution in [0.3, 0.4) is 0 Å². The van der Waals surface area contributed by atoms with Gasteiger partial charge in [-0.25, -0.2) is 0 Å². The van der Waals surface area contributed by atoms with Crippen molar-refractivity contribution in [3.63, 3.8) is 0 Å². The number of hydrogen-bond donors (Lipinski definition) is 0. The molecule has 12 aromatic carbocycles. The Bertz CT molecular complexity index is 4170. The third-order valence-electron chi connectivity index (χ3n) is 15.6. The average Bonchev–Trinajstić information content (AvgIpc) is 3.92. The van der Waals surface area contributed by atoms with E-state index >= 15 is 0 Å². The second-order valence-corrected chi connectivity index (χ2v) is 20.0. The Morgan fingerprint density at radius 2 is 0.740 bits per heavy atom. The molecule has 1 aliphatic carbocycles. The Kier molecular flexibility index (Phi) is 9.91. The van der Waals surface area contributed by atoms with Crippen LogP contribution in [0.1, 0.15) is 25.0 Å². The number of aromatic nitrogens is 1. The Morgan fingerprint density at radius 3 is 1.36 bits per heavy atom. The zero-order valence-corrected chi connectivity index (χ0v) is 40.8. The van der Waals surface area contributed by atoms with E-state index in [1.54, 1.807) is 0 Å². The van der Waals surface area contributed by atoms with E-state index in [2.05, 4.69) is 290 Å². The molecule has 0 amide bonds. The molecule has 0 atom stereocenters. The lowest BCUT2D eigenvalue weighted by Crippen LogP contribution is -2.17. The summed E-state index contributed by atoms with van der Waals surface area (Å²) >= 11 is 0. The number of benzene rings is 12. The summed E-state index contributed by atoms with van der Waals surface area (Å²) in [6.45, 7) is 4.81. The first-order valence-electron chi connectivity index (χ1n) is 25.4. The van der Waals surface area contributed by atoms with Gasteiger partial charge in [-0.3, -0.25) is 0 Å². The fraction of sp³-hybridized carbons (Fsp3) is 0.0423. The molecule has 2 nitrogen and oxygen atoms in total. The summed E-state index contributed by atoms with van der Waals surface area (Å²) in [5, 5.41) is 7.68. The van der Waals surface area contributed by atoms with Gasteiger partial charge < -0.3 is 9.47 Å². The number of hydrogen-bond acceptors (Lipinski definition) is 1. The molecule has 0 bridgehead atoms. The third kappa shape index (κ3) is 6.94. The largest absolute Gasteiger partial charge is 0.310 e. The van der Waals surface area contributed by atoms with Crippen molar-refractivity contribution in [3.8, 4) is 61.3 Å². The Hall–Kier alpha value is -9.24. The number of nitrogens with zero attached hydrogens (tertiary/aromatic N) is 2. The lowest BCUT2D eigenvalue weighted by molar-refractivity contribution is 0.660. The van der Waals surface area contributed by atoms with Gasteiger partial charge in [0, 0.05) is 38.9 Å². The summed E-state index contributed by atoms with van der Waals surface area (Å²) in [5.74, 6) is 0. The van der Waals surface area contributed by atoms with Gasteiger partial charge in [0.1, 0.15) is 0 Å². The van der Waals surface area contributed by atoms with Gasteiger partial charge in [0.2, 0.25) is 0 Å². The normalized spacial score (nSPS) is 12.6. The van der Waals surface area contributed by atoms with Gasteiger partial charge in [0.15, 0.2) is 0 Å². The van der Waals surface area contributed by atoms with Crippen LogP contribution in [0.15, 0.2) is 267 Å². The van der Waals surface area contributed by atoms with Crippen LogP contribution >= 0.6 is 0 Å². The van der Waals surface area contributed by atoms with Crippen LogP contribution in [-0.4, -0.2) is 4.57 Å². The molecular formula is C71H50N2. The van der Waals surface area contributed by atoms with Gasteiger partial charge in [-0.1, -0.05) is 220 Å². The molecule has 0 N–H and O–H groups in total. The first kappa shape index (κ1) is 42.6. The van der Waals surface area contributed by atoms with Gasteiger partial charge in [0.25, 0.3) is 0 Å². The van der Waals surface area contributed by atoms with Crippen molar-refractivity contribution >= 4 is 60.4 Å². The maximum Gasteiger partial charge on any atom is 0.0547 e. The second kappa shape index (κ2) is 17.0. The fourth-order valence-electron chi connectivity index (χ4n) is 12.0. The molecule has 0 fully saturated rings. The highest BCUT2D eigenvalue weighted by Crippen LogP contribution is 2.53. The van der Waals surface area contributed by atoms with Gasteiger partial charge in [0.05, 0.1) is 11.0 Å². The molecule has 73 heavy (non-hydrogen) atoms. The SMILES string of the molecule is CC1(C)c2cc(N(c3ccc(-c4ccccc4)cc3)c3ccc(-c4ccccc4-c4ccccc4)c(-c4ccccc4)c3)ccc2-c2ccc(-n3c4ccc5ccccc5c4c4c5ccccc5ccc43)cc21. The van der Waals surface area contributed by atoms with Crippen LogP contribution in [0.5, 0.6) is 0 Å². The minimum absolute atomic E-state index is 0.294. The molecule has 0 spiro atoms. The monoisotopic (exact) mass is 930 g/mol. The molecule has 0 saturated heterocycles. The van der Waals surface area contributed by atoms with Crippen molar-refractivity contribution < 1.29 is 0 Å². The highest BCUT2D eigenvalue weighted by molar-refractivity contribution is 6.28. The minimum atomic E-state index is -0.294. The summed E-state index contributed by atoms with van der Waals surface area (Å²) in [6.07, 6.45) is 0. The van der Waals surface area contributed by atoms with E-state index in [1.807, 2.05) is 0 Å². The van der Waals surface area contributed by atoms with Crippen LogP contribution in [0, 0.1) is 0 Å². The molecule has 0 radical (unpaired) electrons. The number of rotatable bonds is 8. The molecule has 2 heteroatoms. The highest BCUT2D eigenvalue weighted by Gasteiger charge is 2.37. The predicted octanol–water partition coefficient (Wildman–Crippen LogP) is 19.5. The van der Waals surface area contributed by atoms with Crippen LogP contribution in [0.2, 0.25) is 0 Å². The number of fused-ring (bicyclic) bond motifs is 10. The summed E-state index contributed by atoms with van der Waals surface area (Å²) in [7, 11) is 0. The lowest BCUT2D eigenvalue weighted by atomic mass is 9.82. The van der Waals surface area contributed by atoms with Crippen molar-refractivity contribution in [3.05, 3.63) is 278 Å². The van der Waals surface area contributed by atoms with E-state index < -0.39 is 0 Å². The second-order valence-electron chi connectivity index (χ2n) is 20.0. The summed E-state index contributed by atoms with van der Waals surface area (Å²) < 4.78 is 2.50. The molecule has 0 unspecified atom stereocenters. The first-order valence-corrected chi connectivity index (χ1v) is 25.4. The number of anilines is 3. The van der Waals surface area contributed by atoms with E-state index in [1.165, 1.54) is 116 Å². The summed E-state index contributed by atoms with van der Waals surface area (Å²) in [6, 6.07) is 98.4. The molecule has 0 saturated carbocycles. The van der Waals surface area contributed by atoms with E-state index in [9.17, 15) is 0 Å². The van der Waals surface area contributed by atoms with Crippen molar-refractivity contribution in [1.82, 2.24) is 4.57 Å². The van der Waals surface area contributed by atoms with Crippen molar-refractivity contribution in [2.24, 2.45) is 0 Å². The molecule has 1 aromatic heterocycles. The first-order chi connectivity index (χ1) is 36.0. The Morgan fingerprint density at radius 1 is 0.301 bits per heavy atom. The van der Waals surface area contributed by atoms with E-state index in [-0.39, 0.29) is 5.41 Å². The van der Waals surface area contributed by atoms with E-state index in [0.29, 0.717) is 0 Å². The van der Waals surface area contributed by atoms with Gasteiger partial charge >= 0.3 is 0 Å². The van der Waals surface area contributed by atoms with Crippen molar-refractivity contribution in [2.75, 3.05) is 4.90 Å². The topological polar surface area (TPSA) is 8.17 Å². The maximum atomic E-state index is 2.50. The van der Waals surface area contributed by atoms with Crippen molar-refractivity contribution in [1.29, 1.82) is 0 Å². The highest BCUT2D eigenvalue weighted by atomic mass is 15.1. The Balaban J connectivity index is 0.927. The average molecular weight is 931 g/mol. The van der Waals surface area contributed by atoms with Gasteiger partial charge in [-0.2, -0.15) is 0 Å². The predicted molar refractivity (Wildman–Crippen MR) is 310 cm³/mol. The maximum absolute atomic E-state index is 2.50. The summed E-state index contributed by atoms with van der Waals surface area (Å²) in [5.41, 5.74) is 21.4. The van der Waals surface area contributed by atoms with Crippen LogP contribution in [0.4, 0.5) is 17.1 Å². The minimum Gasteiger partial charge on any atom is -0.310 e. The molecule has 14 rings (SSSR count). The third-order valence-corrected chi connectivity index (χ3v) is 15.6. The molecule has 0 aliphatic heterocycles. The summed E-state index contributed by atoms with van der Waals surface area (Å²) in [4.78, 5) is 2.45. The van der Waals surface area contributed by atoms with E-state index in [0.717, 1.165) is 17.1 Å². The molecule has 1 aliphatic rings. The van der Waals surface area contributed by atoms with Crippen LogP contribution in [0.25, 0.3) is 105 Å². The molecule has 13 aromatic rings. The van der Waals surface area contributed by atoms with Crippen LogP contribution < -0.4 is 4.90 Å². The smallest absolute Gasteiger partial charge is 0.0547 e. The molecule has 1 heterocycles. The van der Waals surface area contributed by atoms with Crippen molar-refractivity contribution in [2.45, 2.75) is 19.3 Å². The standard InChI is InChI=1S/C71H50N2/c1-71(2)65-45-55(37-40-62(65)63-41-38-56(46-66(63)71)73-67-42-32-51-24-12-14-27-58(51)69(67)70-59-28-15-13-25-52(59)33-43-68(70)73)72(53-34-30-48(31-35-53)47-18-6-3-7-19-47)54-36-39-61(64(44-54)50-22-10-5-11-23-50)60-29-17-16-26-57(60)49-20-8-4-9-21-49/h3-46H,1-2H3. The Labute approximate surface area is 426 Å². The molecular weight excluding hydrogens is 881 g/mol. The lowest BCUT2D eigenvalue weighted by Gasteiger charge is -2.29. The molecule has 344 valence electrons. The van der Waals surface area contributed by atoms with Gasteiger partial charge in [-0.05, 0) is 149 Å².